The van der Waals surface area contributed by atoms with Gasteiger partial charge in [0.05, 0.1) is 11.9 Å². The van der Waals surface area contributed by atoms with Crippen molar-refractivity contribution >= 4 is 6.21 Å². The van der Waals surface area contributed by atoms with Crippen LogP contribution in [0.4, 0.5) is 4.39 Å². The van der Waals surface area contributed by atoms with E-state index in [0.717, 1.165) is 42.5 Å². The van der Waals surface area contributed by atoms with Gasteiger partial charge in [-0.2, -0.15) is 0 Å². The number of nitrogens with two attached hydrogens (primary N) is 1. The number of tetrazole rings is 1. The highest BCUT2D eigenvalue weighted by Crippen LogP contribution is 2.42. The summed E-state index contributed by atoms with van der Waals surface area (Å²) in [4.78, 5) is 6.77. The number of aromatic nitrogens is 4. The first kappa shape index (κ1) is 22.9. The average molecular weight is 468 g/mol. The minimum atomic E-state index is -1.32. The number of aliphatic imine (C=N–C) groups is 1. The summed E-state index contributed by atoms with van der Waals surface area (Å²) in [5.74, 6) is -1.00. The fourth-order valence-corrected chi connectivity index (χ4v) is 5.35. The minimum absolute atomic E-state index is 0.0294. The number of nitrogens with one attached hydrogen (secondary N) is 2. The molecule has 3 aliphatic rings. The molecular formula is C24H34FN9. The topological polar surface area (TPSA) is 109 Å². The van der Waals surface area contributed by atoms with Crippen LogP contribution in [0.3, 0.4) is 0 Å². The molecule has 1 unspecified atom stereocenters. The van der Waals surface area contributed by atoms with Gasteiger partial charge < -0.3 is 10.6 Å². The van der Waals surface area contributed by atoms with Crippen LogP contribution in [0.5, 0.6) is 0 Å². The Morgan fingerprint density at radius 3 is 2.44 bits per heavy atom. The molecule has 2 aliphatic heterocycles. The number of benzene rings is 1. The van der Waals surface area contributed by atoms with Crippen LogP contribution < -0.4 is 16.4 Å². The van der Waals surface area contributed by atoms with Gasteiger partial charge in [-0.3, -0.25) is 10.6 Å². The number of hydrogen-bond acceptors (Lipinski definition) is 8. The molecule has 1 aliphatic carbocycles. The average Bonchev–Trinajstić information content (AvgIpc) is 3.48. The zero-order valence-corrected chi connectivity index (χ0v) is 20.5. The Bertz CT molecular complexity index is 1120. The Morgan fingerprint density at radius 1 is 1.12 bits per heavy atom. The van der Waals surface area contributed by atoms with Crippen LogP contribution >= 0.6 is 0 Å². The number of rotatable bonds is 5. The van der Waals surface area contributed by atoms with E-state index in [4.69, 9.17) is 5.73 Å². The maximum atomic E-state index is 15.0. The number of likely N-dealkylation sites (tertiary alicyclic amines) is 1. The highest BCUT2D eigenvalue weighted by atomic mass is 19.1. The number of piperidine rings is 1. The normalized spacial score (nSPS) is 27.0. The van der Waals surface area contributed by atoms with Crippen molar-refractivity contribution in [2.75, 3.05) is 7.05 Å². The highest BCUT2D eigenvalue weighted by Gasteiger charge is 2.44. The lowest BCUT2D eigenvalue weighted by Gasteiger charge is -2.54. The summed E-state index contributed by atoms with van der Waals surface area (Å²) in [5.41, 5.74) is 9.39. The van der Waals surface area contributed by atoms with E-state index in [1.165, 1.54) is 6.21 Å². The number of halogens is 1. The molecule has 0 radical (unpaired) electrons. The lowest BCUT2D eigenvalue weighted by Crippen LogP contribution is -2.63. The number of hydrogen-bond donors (Lipinski definition) is 3. The molecule has 2 fully saturated rings. The van der Waals surface area contributed by atoms with Crippen LogP contribution in [0.15, 0.2) is 41.2 Å². The lowest BCUT2D eigenvalue weighted by atomic mass is 9.77. The predicted molar refractivity (Wildman–Crippen MR) is 129 cm³/mol. The molecule has 0 bridgehead atoms. The van der Waals surface area contributed by atoms with Crippen molar-refractivity contribution in [1.29, 1.82) is 0 Å². The summed E-state index contributed by atoms with van der Waals surface area (Å²) in [7, 11) is 2.15. The van der Waals surface area contributed by atoms with E-state index in [1.54, 1.807) is 11.0 Å². The molecule has 182 valence electrons. The van der Waals surface area contributed by atoms with E-state index in [-0.39, 0.29) is 22.9 Å². The van der Waals surface area contributed by atoms with Crippen LogP contribution in [0.1, 0.15) is 70.4 Å². The van der Waals surface area contributed by atoms with Crippen molar-refractivity contribution in [3.05, 3.63) is 47.3 Å². The van der Waals surface area contributed by atoms with Gasteiger partial charge in [-0.25, -0.2) is 14.1 Å². The monoisotopic (exact) mass is 467 g/mol. The third-order valence-corrected chi connectivity index (χ3v) is 7.63. The summed E-state index contributed by atoms with van der Waals surface area (Å²) in [6.45, 7) is 8.89. The van der Waals surface area contributed by atoms with Crippen molar-refractivity contribution in [3.63, 3.8) is 0 Å². The zero-order chi connectivity index (χ0) is 24.3. The summed E-state index contributed by atoms with van der Waals surface area (Å²) in [5, 5.41) is 18.1. The van der Waals surface area contributed by atoms with Gasteiger partial charge in [0.2, 0.25) is 5.79 Å². The van der Waals surface area contributed by atoms with Crippen LogP contribution in [0.25, 0.3) is 5.69 Å². The van der Waals surface area contributed by atoms with E-state index >= 15 is 0 Å². The van der Waals surface area contributed by atoms with Gasteiger partial charge in [0.1, 0.15) is 12.1 Å². The molecule has 1 aromatic carbocycles. The summed E-state index contributed by atoms with van der Waals surface area (Å²) in [6, 6.07) is 6.11. The van der Waals surface area contributed by atoms with Crippen molar-refractivity contribution in [1.82, 2.24) is 35.7 Å². The minimum Gasteiger partial charge on any atom is -0.366 e. The molecule has 1 saturated heterocycles. The SMILES string of the molecule is CN1C(C)(C)CC(NC2=C(F)C=NC(N)(c3cc(C4CC4)cc(-n4cnnn4)c3)N2)CC1(C)C. The lowest BCUT2D eigenvalue weighted by molar-refractivity contribution is -0.0169. The van der Waals surface area contributed by atoms with E-state index in [9.17, 15) is 4.39 Å². The first-order chi connectivity index (χ1) is 16.0. The molecule has 4 N–H and O–H groups in total. The number of nitrogens with zero attached hydrogens (tertiary/aromatic N) is 6. The Morgan fingerprint density at radius 2 is 1.82 bits per heavy atom. The van der Waals surface area contributed by atoms with E-state index in [1.807, 2.05) is 6.07 Å². The molecule has 9 nitrogen and oxygen atoms in total. The molecule has 1 aromatic heterocycles. The van der Waals surface area contributed by atoms with Gasteiger partial charge in [-0.05, 0) is 101 Å². The second kappa shape index (κ2) is 7.84. The maximum Gasteiger partial charge on any atom is 0.210 e. The van der Waals surface area contributed by atoms with Crippen LogP contribution in [-0.2, 0) is 5.79 Å². The molecule has 0 spiro atoms. The Hall–Kier alpha value is -2.85. The summed E-state index contributed by atoms with van der Waals surface area (Å²) in [6.07, 6.45) is 6.78. The molecule has 0 amide bonds. The van der Waals surface area contributed by atoms with Crippen LogP contribution in [-0.4, -0.2) is 55.5 Å². The fraction of sp³-hybridized carbons (Fsp3) is 0.583. The van der Waals surface area contributed by atoms with Crippen molar-refractivity contribution in [2.45, 2.75) is 82.2 Å². The first-order valence-electron chi connectivity index (χ1n) is 11.9. The van der Waals surface area contributed by atoms with Crippen molar-refractivity contribution in [3.8, 4) is 5.69 Å². The highest BCUT2D eigenvalue weighted by molar-refractivity contribution is 5.78. The van der Waals surface area contributed by atoms with E-state index in [2.05, 4.69) is 82.9 Å². The summed E-state index contributed by atoms with van der Waals surface area (Å²) >= 11 is 0. The van der Waals surface area contributed by atoms with Gasteiger partial charge in [0.25, 0.3) is 0 Å². The zero-order valence-electron chi connectivity index (χ0n) is 20.5. The fourth-order valence-electron chi connectivity index (χ4n) is 5.35. The quantitative estimate of drug-likeness (QED) is 0.620. The van der Waals surface area contributed by atoms with Gasteiger partial charge in [-0.1, -0.05) is 0 Å². The molecule has 3 heterocycles. The molecule has 5 rings (SSSR count). The van der Waals surface area contributed by atoms with Gasteiger partial charge in [0, 0.05) is 22.7 Å². The first-order valence-corrected chi connectivity index (χ1v) is 11.9. The molecule has 2 aromatic rings. The van der Waals surface area contributed by atoms with E-state index in [0.29, 0.717) is 5.92 Å². The summed E-state index contributed by atoms with van der Waals surface area (Å²) < 4.78 is 16.6. The van der Waals surface area contributed by atoms with Crippen molar-refractivity contribution in [2.24, 2.45) is 10.7 Å². The van der Waals surface area contributed by atoms with Crippen molar-refractivity contribution < 1.29 is 4.39 Å². The Kier molecular flexibility index (Phi) is 5.29. The second-order valence-corrected chi connectivity index (χ2v) is 11.1. The van der Waals surface area contributed by atoms with Gasteiger partial charge in [0.15, 0.2) is 5.83 Å². The molecule has 10 heteroatoms. The molecular weight excluding hydrogens is 433 g/mol. The third kappa shape index (κ3) is 4.20. The maximum absolute atomic E-state index is 15.0. The van der Waals surface area contributed by atoms with Gasteiger partial charge in [-0.15, -0.1) is 5.10 Å². The molecule has 1 atom stereocenters. The third-order valence-electron chi connectivity index (χ3n) is 7.63. The second-order valence-electron chi connectivity index (χ2n) is 11.1. The molecule has 34 heavy (non-hydrogen) atoms. The van der Waals surface area contributed by atoms with Crippen LogP contribution in [0, 0.1) is 0 Å². The Labute approximate surface area is 199 Å². The largest absolute Gasteiger partial charge is 0.366 e. The standard InChI is InChI=1S/C24H34FN9/c1-22(2)11-18(12-23(3,4)33(22)5)29-21-20(25)13-27-24(26,30-21)17-8-16(15-6-7-15)9-19(10-17)34-14-28-31-32-34/h8-10,13-15,18,29-30H,6-7,11-12,26H2,1-5H3. The van der Waals surface area contributed by atoms with E-state index < -0.39 is 11.6 Å². The number of allylic oxidation sites excluding steroid dienone is 1. The molecule has 1 saturated carbocycles. The smallest absolute Gasteiger partial charge is 0.210 e. The predicted octanol–water partition coefficient (Wildman–Crippen LogP) is 2.66. The Balaban J connectivity index is 1.43. The van der Waals surface area contributed by atoms with Crippen LogP contribution in [0.2, 0.25) is 0 Å². The van der Waals surface area contributed by atoms with Gasteiger partial charge >= 0.3 is 0 Å².